The van der Waals surface area contributed by atoms with Crippen LogP contribution in [0, 0.1) is 0 Å². The fourth-order valence-corrected chi connectivity index (χ4v) is 0.457. The Balaban J connectivity index is 4.11. The monoisotopic (exact) mass is 160 g/mol. The summed E-state index contributed by atoms with van der Waals surface area (Å²) in [5.74, 6) is -1.27. The van der Waals surface area contributed by atoms with Gasteiger partial charge >= 0.3 is 5.97 Å². The van der Waals surface area contributed by atoms with Gasteiger partial charge in [0, 0.05) is 0 Å². The van der Waals surface area contributed by atoms with E-state index in [-0.39, 0.29) is 0 Å². The van der Waals surface area contributed by atoms with Crippen LogP contribution in [0.4, 0.5) is 0 Å². The molecule has 2 atom stereocenters. The van der Waals surface area contributed by atoms with Crippen molar-refractivity contribution >= 4 is 5.97 Å². The molecule has 0 amide bonds. The Kier molecular flexibility index (Phi) is 3.79. The molecule has 3 N–H and O–H groups in total. The van der Waals surface area contributed by atoms with E-state index in [2.05, 4.69) is 10.1 Å². The third-order valence-corrected chi connectivity index (χ3v) is 0.990. The van der Waals surface area contributed by atoms with E-state index in [4.69, 9.17) is 15.7 Å². The molecule has 0 spiro atoms. The lowest BCUT2D eigenvalue weighted by Gasteiger charge is -2.09. The molecule has 0 saturated carbocycles. The maximum Gasteiger partial charge on any atom is 0.351 e. The number of aliphatic hydroxyl groups excluding tert-OH is 1. The molecule has 7 nitrogen and oxygen atoms in total. The third-order valence-electron chi connectivity index (χ3n) is 0.990. The molecule has 0 saturated heterocycles. The van der Waals surface area contributed by atoms with Gasteiger partial charge in [0.2, 0.25) is 6.04 Å². The molecule has 0 aliphatic rings. The Bertz CT molecular complexity index is 186. The summed E-state index contributed by atoms with van der Waals surface area (Å²) in [5.41, 5.74) is 9.73. The normalized spacial score (nSPS) is 14.4. The standard InChI is InChI=1S/C4H8N4O3/c1-2(9)3(4(10)11)6-8-7-5/h2-3,6,9H,1H3,(H,10,11). The van der Waals surface area contributed by atoms with E-state index < -0.39 is 18.1 Å². The SMILES string of the molecule is CC(O)C(NN=[N+]=[N-])C(=O)O. The lowest BCUT2D eigenvalue weighted by molar-refractivity contribution is -0.142. The van der Waals surface area contributed by atoms with Gasteiger partial charge in [-0.05, 0) is 12.1 Å². The van der Waals surface area contributed by atoms with Crippen molar-refractivity contribution in [3.63, 3.8) is 0 Å². The van der Waals surface area contributed by atoms with Crippen LogP contribution in [0.25, 0.3) is 10.4 Å². The zero-order valence-electron chi connectivity index (χ0n) is 5.80. The Morgan fingerprint density at radius 1 is 1.82 bits per heavy atom. The van der Waals surface area contributed by atoms with E-state index in [0.29, 0.717) is 0 Å². The van der Waals surface area contributed by atoms with Crippen LogP contribution in [0.15, 0.2) is 5.22 Å². The zero-order chi connectivity index (χ0) is 8.85. The summed E-state index contributed by atoms with van der Waals surface area (Å²) in [4.78, 5) is 12.5. The first kappa shape index (κ1) is 9.54. The van der Waals surface area contributed by atoms with Gasteiger partial charge in [-0.2, -0.15) is 4.91 Å². The Labute approximate surface area is 62.2 Å². The minimum Gasteiger partial charge on any atom is -0.478 e. The zero-order valence-corrected chi connectivity index (χ0v) is 5.80. The topological polar surface area (TPSA) is 118 Å². The molecule has 11 heavy (non-hydrogen) atoms. The molecule has 0 aliphatic carbocycles. The average molecular weight is 160 g/mol. The van der Waals surface area contributed by atoms with Crippen molar-refractivity contribution in [1.82, 2.24) is 5.43 Å². The van der Waals surface area contributed by atoms with Crippen molar-refractivity contribution in [2.75, 3.05) is 0 Å². The molecular formula is C4H8N4O3. The molecule has 0 aliphatic heterocycles. The Morgan fingerprint density at radius 2 is 2.36 bits per heavy atom. The number of hydrogen-bond acceptors (Lipinski definition) is 3. The number of aliphatic hydroxyl groups is 1. The molecule has 0 heterocycles. The number of nitrogens with zero attached hydrogens (tertiary/aromatic N) is 3. The number of aliphatic carboxylic acids is 1. The number of carbonyl (C=O) groups is 1. The molecule has 62 valence electrons. The Hall–Kier alpha value is -1.46. The molecular weight excluding hydrogens is 152 g/mol. The van der Waals surface area contributed by atoms with Crippen LogP contribution in [0.1, 0.15) is 6.92 Å². The smallest absolute Gasteiger partial charge is 0.351 e. The fourth-order valence-electron chi connectivity index (χ4n) is 0.457. The first-order valence-electron chi connectivity index (χ1n) is 2.80. The van der Waals surface area contributed by atoms with Gasteiger partial charge in [0.1, 0.15) is 6.10 Å². The minimum absolute atomic E-state index is 1.11. The van der Waals surface area contributed by atoms with Gasteiger partial charge in [-0.1, -0.05) is 0 Å². The van der Waals surface area contributed by atoms with Gasteiger partial charge < -0.3 is 10.2 Å². The summed E-state index contributed by atoms with van der Waals surface area (Å²) < 4.78 is 0. The minimum atomic E-state index is -1.27. The van der Waals surface area contributed by atoms with Crippen molar-refractivity contribution < 1.29 is 15.0 Å². The molecule has 0 aromatic heterocycles. The molecule has 0 bridgehead atoms. The molecule has 0 rings (SSSR count). The van der Waals surface area contributed by atoms with Crippen molar-refractivity contribution in [2.24, 2.45) is 5.22 Å². The quantitative estimate of drug-likeness (QED) is 0.225. The summed E-state index contributed by atoms with van der Waals surface area (Å²) in [6.45, 7) is 1.28. The van der Waals surface area contributed by atoms with Crippen molar-refractivity contribution in [2.45, 2.75) is 19.1 Å². The highest BCUT2D eigenvalue weighted by atomic mass is 16.4. The highest BCUT2D eigenvalue weighted by molar-refractivity contribution is 5.74. The largest absolute Gasteiger partial charge is 0.478 e. The van der Waals surface area contributed by atoms with E-state index >= 15 is 0 Å². The summed E-state index contributed by atoms with van der Waals surface area (Å²) in [6.07, 6.45) is -1.11. The maximum atomic E-state index is 10.2. The van der Waals surface area contributed by atoms with Crippen LogP contribution in [0.2, 0.25) is 0 Å². The van der Waals surface area contributed by atoms with Gasteiger partial charge in [0.05, 0.1) is 0 Å². The molecule has 2 unspecified atom stereocenters. The third kappa shape index (κ3) is 3.29. The fraction of sp³-hybridized carbons (Fsp3) is 0.750. The summed E-state index contributed by atoms with van der Waals surface area (Å²) in [5, 5.41) is 20.0. The van der Waals surface area contributed by atoms with Crippen molar-refractivity contribution in [1.29, 1.82) is 0 Å². The van der Waals surface area contributed by atoms with E-state index in [1.165, 1.54) is 6.92 Å². The van der Waals surface area contributed by atoms with Crippen LogP contribution in [0.3, 0.4) is 0 Å². The maximum absolute atomic E-state index is 10.2. The summed E-state index contributed by atoms with van der Waals surface area (Å²) >= 11 is 0. The van der Waals surface area contributed by atoms with Crippen LogP contribution < -0.4 is 5.43 Å². The van der Waals surface area contributed by atoms with Gasteiger partial charge in [0.15, 0.2) is 0 Å². The number of nitrogens with one attached hydrogen (secondary N) is 1. The number of carboxylic acid groups (broad SMARTS) is 1. The Morgan fingerprint density at radius 3 is 2.64 bits per heavy atom. The second kappa shape index (κ2) is 4.37. The lowest BCUT2D eigenvalue weighted by atomic mass is 10.2. The van der Waals surface area contributed by atoms with Crippen molar-refractivity contribution in [3.8, 4) is 0 Å². The number of hydrogen-bond donors (Lipinski definition) is 3. The molecule has 0 aromatic rings. The highest BCUT2D eigenvalue weighted by Crippen LogP contribution is 1.92. The van der Waals surface area contributed by atoms with Crippen LogP contribution >= 0.6 is 0 Å². The lowest BCUT2D eigenvalue weighted by Crippen LogP contribution is -2.41. The van der Waals surface area contributed by atoms with Crippen LogP contribution in [-0.4, -0.2) is 28.3 Å². The van der Waals surface area contributed by atoms with Gasteiger partial charge in [-0.3, -0.25) is 0 Å². The van der Waals surface area contributed by atoms with Crippen molar-refractivity contribution in [3.05, 3.63) is 10.4 Å². The number of carboxylic acids is 1. The van der Waals surface area contributed by atoms with Gasteiger partial charge in [-0.15, -0.1) is 5.53 Å². The molecule has 0 radical (unpaired) electrons. The van der Waals surface area contributed by atoms with Crippen LogP contribution in [0.5, 0.6) is 0 Å². The second-order valence-electron chi connectivity index (χ2n) is 1.88. The van der Waals surface area contributed by atoms with Crippen LogP contribution in [-0.2, 0) is 4.79 Å². The average Bonchev–Trinajstić information content (AvgIpc) is 1.87. The van der Waals surface area contributed by atoms with Gasteiger partial charge in [-0.25, -0.2) is 10.2 Å². The summed E-state index contributed by atoms with van der Waals surface area (Å²) in [7, 11) is 0. The predicted molar refractivity (Wildman–Crippen MR) is 35.4 cm³/mol. The van der Waals surface area contributed by atoms with E-state index in [0.717, 1.165) is 0 Å². The van der Waals surface area contributed by atoms with Gasteiger partial charge in [0.25, 0.3) is 0 Å². The molecule has 0 aromatic carbocycles. The van der Waals surface area contributed by atoms with E-state index in [1.54, 1.807) is 0 Å². The highest BCUT2D eigenvalue weighted by Gasteiger charge is 2.24. The molecule has 0 fully saturated rings. The van der Waals surface area contributed by atoms with E-state index in [1.807, 2.05) is 5.43 Å². The first-order chi connectivity index (χ1) is 5.09. The van der Waals surface area contributed by atoms with E-state index in [9.17, 15) is 4.79 Å². The second-order valence-corrected chi connectivity index (χ2v) is 1.88. The number of rotatable bonds is 4. The summed E-state index contributed by atoms with van der Waals surface area (Å²) in [6, 6.07) is -1.26. The molecule has 7 heteroatoms. The predicted octanol–water partition coefficient (Wildman–Crippen LogP) is -0.365. The first-order valence-corrected chi connectivity index (χ1v) is 2.80. The number of azide groups is 1.